The SMILES string of the molecule is CCCCc1c(C)c2cc3nc(c(-c4ccccc4)c4nc(cc5[nH]c(cc1[nH]2)c(CCCC)c5C)C(C)=C4C)C(C)=C3C. The summed E-state index contributed by atoms with van der Waals surface area (Å²) in [5.41, 5.74) is 21.3. The predicted octanol–water partition coefficient (Wildman–Crippen LogP) is 11.2. The van der Waals surface area contributed by atoms with Crippen LogP contribution in [0.1, 0.15) is 112 Å². The van der Waals surface area contributed by atoms with E-state index in [9.17, 15) is 0 Å². The molecule has 0 atom stereocenters. The summed E-state index contributed by atoms with van der Waals surface area (Å²) < 4.78 is 0. The first-order chi connectivity index (χ1) is 21.2. The van der Waals surface area contributed by atoms with E-state index in [2.05, 4.69) is 114 Å². The van der Waals surface area contributed by atoms with Crippen LogP contribution in [-0.2, 0) is 12.8 Å². The van der Waals surface area contributed by atoms with Gasteiger partial charge in [-0.05, 0) is 136 Å². The number of allylic oxidation sites excluding steroid dienone is 4. The lowest BCUT2D eigenvalue weighted by Crippen LogP contribution is -1.92. The molecule has 44 heavy (non-hydrogen) atoms. The Morgan fingerprint density at radius 2 is 1.00 bits per heavy atom. The number of nitrogens with one attached hydrogen (secondary N) is 2. The Morgan fingerprint density at radius 1 is 0.545 bits per heavy atom. The molecule has 4 aromatic rings. The van der Waals surface area contributed by atoms with Crippen LogP contribution in [0.2, 0.25) is 0 Å². The van der Waals surface area contributed by atoms with Crippen molar-refractivity contribution in [2.75, 3.05) is 0 Å². The van der Waals surface area contributed by atoms with Crippen molar-refractivity contribution in [3.8, 4) is 11.1 Å². The number of hydrogen-bond donors (Lipinski definition) is 2. The second-order valence-corrected chi connectivity index (χ2v) is 12.7. The molecule has 8 bridgehead atoms. The molecule has 0 unspecified atom stereocenters. The molecule has 0 spiro atoms. The lowest BCUT2D eigenvalue weighted by atomic mass is 9.95. The van der Waals surface area contributed by atoms with Crippen LogP contribution < -0.4 is 0 Å². The summed E-state index contributed by atoms with van der Waals surface area (Å²) in [6.45, 7) is 17.9. The highest BCUT2D eigenvalue weighted by molar-refractivity contribution is 6.01. The average Bonchev–Trinajstić information content (AvgIpc) is 3.67. The molecule has 2 aliphatic rings. The van der Waals surface area contributed by atoms with Crippen LogP contribution in [0.25, 0.3) is 55.5 Å². The third-order valence-corrected chi connectivity index (χ3v) is 9.92. The molecule has 226 valence electrons. The van der Waals surface area contributed by atoms with Gasteiger partial charge in [0, 0.05) is 27.6 Å². The lowest BCUT2D eigenvalue weighted by Gasteiger charge is -2.09. The Morgan fingerprint density at radius 3 is 1.43 bits per heavy atom. The highest BCUT2D eigenvalue weighted by atomic mass is 14.8. The van der Waals surface area contributed by atoms with E-state index in [0.717, 1.165) is 57.8 Å². The summed E-state index contributed by atoms with van der Waals surface area (Å²) in [7, 11) is 0. The Hall–Kier alpha value is -4.18. The Balaban J connectivity index is 1.82. The van der Waals surface area contributed by atoms with Crippen molar-refractivity contribution in [2.45, 2.75) is 93.9 Å². The van der Waals surface area contributed by atoms with Crippen LogP contribution in [0.3, 0.4) is 0 Å². The summed E-state index contributed by atoms with van der Waals surface area (Å²) in [6, 6.07) is 17.6. The minimum Gasteiger partial charge on any atom is -0.355 e. The lowest BCUT2D eigenvalue weighted by molar-refractivity contribution is 0.796. The summed E-state index contributed by atoms with van der Waals surface area (Å²) >= 11 is 0. The van der Waals surface area contributed by atoms with Crippen molar-refractivity contribution >= 4 is 44.4 Å². The minimum absolute atomic E-state index is 1.02. The van der Waals surface area contributed by atoms with Crippen LogP contribution in [0.4, 0.5) is 0 Å². The second-order valence-electron chi connectivity index (χ2n) is 12.7. The van der Waals surface area contributed by atoms with Gasteiger partial charge in [0.2, 0.25) is 0 Å². The first-order valence-corrected chi connectivity index (χ1v) is 16.4. The van der Waals surface area contributed by atoms with Crippen molar-refractivity contribution in [2.24, 2.45) is 0 Å². The highest BCUT2D eigenvalue weighted by Gasteiger charge is 2.24. The van der Waals surface area contributed by atoms with Gasteiger partial charge in [-0.2, -0.15) is 0 Å². The van der Waals surface area contributed by atoms with Crippen molar-refractivity contribution < 1.29 is 0 Å². The van der Waals surface area contributed by atoms with Crippen molar-refractivity contribution in [1.82, 2.24) is 19.9 Å². The van der Waals surface area contributed by atoms with Gasteiger partial charge in [0.05, 0.1) is 22.8 Å². The highest BCUT2D eigenvalue weighted by Crippen LogP contribution is 2.42. The molecule has 0 radical (unpaired) electrons. The number of rotatable bonds is 7. The number of unbranched alkanes of at least 4 members (excludes halogenated alkanes) is 2. The molecule has 0 amide bonds. The third kappa shape index (κ3) is 5.15. The van der Waals surface area contributed by atoms with Gasteiger partial charge in [0.15, 0.2) is 0 Å². The van der Waals surface area contributed by atoms with E-state index < -0.39 is 0 Å². The fraction of sp³-hybridized carbons (Fsp3) is 0.350. The van der Waals surface area contributed by atoms with E-state index >= 15 is 0 Å². The van der Waals surface area contributed by atoms with Crippen molar-refractivity contribution in [3.63, 3.8) is 0 Å². The summed E-state index contributed by atoms with van der Waals surface area (Å²) in [4.78, 5) is 18.4. The molecule has 1 aromatic carbocycles. The molecule has 0 saturated carbocycles. The molecule has 2 N–H and O–H groups in total. The summed E-state index contributed by atoms with van der Waals surface area (Å²) in [5, 5.41) is 0. The van der Waals surface area contributed by atoms with Gasteiger partial charge in [-0.25, -0.2) is 9.97 Å². The maximum atomic E-state index is 5.36. The quantitative estimate of drug-likeness (QED) is 0.228. The number of hydrogen-bond acceptors (Lipinski definition) is 2. The summed E-state index contributed by atoms with van der Waals surface area (Å²) in [5.74, 6) is 0. The molecular weight excluding hydrogens is 536 g/mol. The number of aryl methyl sites for hydroxylation is 4. The fourth-order valence-electron chi connectivity index (χ4n) is 6.74. The topological polar surface area (TPSA) is 57.4 Å². The smallest absolute Gasteiger partial charge is 0.0769 e. The monoisotopic (exact) mass is 582 g/mol. The maximum Gasteiger partial charge on any atom is 0.0769 e. The minimum atomic E-state index is 1.02. The largest absolute Gasteiger partial charge is 0.355 e. The van der Waals surface area contributed by atoms with Gasteiger partial charge in [-0.3, -0.25) is 0 Å². The predicted molar refractivity (Wildman–Crippen MR) is 189 cm³/mol. The molecule has 4 heteroatoms. The van der Waals surface area contributed by atoms with Crippen LogP contribution in [0.15, 0.2) is 48.5 Å². The number of H-pyrrole nitrogens is 2. The molecule has 5 heterocycles. The Bertz CT molecular complexity index is 1860. The van der Waals surface area contributed by atoms with Gasteiger partial charge in [-0.1, -0.05) is 57.0 Å². The van der Waals surface area contributed by atoms with Gasteiger partial charge in [0.1, 0.15) is 0 Å². The second kappa shape index (κ2) is 12.1. The Labute approximate surface area is 262 Å². The molecular formula is C40H46N4. The van der Waals surface area contributed by atoms with Gasteiger partial charge >= 0.3 is 0 Å². The van der Waals surface area contributed by atoms with E-state index in [4.69, 9.17) is 9.97 Å². The van der Waals surface area contributed by atoms with Gasteiger partial charge in [-0.15, -0.1) is 0 Å². The zero-order valence-corrected chi connectivity index (χ0v) is 27.8. The zero-order chi connectivity index (χ0) is 31.1. The average molecular weight is 583 g/mol. The molecule has 0 aliphatic carbocycles. The van der Waals surface area contributed by atoms with E-state index in [1.807, 2.05) is 0 Å². The Kier molecular flexibility index (Phi) is 8.20. The molecule has 0 fully saturated rings. The molecule has 3 aromatic heterocycles. The zero-order valence-electron chi connectivity index (χ0n) is 27.8. The third-order valence-electron chi connectivity index (χ3n) is 9.92. The van der Waals surface area contributed by atoms with Crippen LogP contribution in [0, 0.1) is 13.8 Å². The molecule has 0 saturated heterocycles. The standard InChI is InChI=1S/C40H46N4/c1-9-11-18-30-27(7)34-20-32-23(3)25(5)39(43-32)38(29-16-14-13-15-17-29)40-26(6)24(4)33(44-40)21-35-28(8)31(19-12-10-2)37(42-35)22-36(30)41-34/h13-17,20-22,41-42H,9-12,18-19H2,1-8H3. The molecule has 2 aliphatic heterocycles. The first-order valence-electron chi connectivity index (χ1n) is 16.4. The number of benzene rings is 1. The van der Waals surface area contributed by atoms with Crippen molar-refractivity contribution in [1.29, 1.82) is 0 Å². The first kappa shape index (κ1) is 29.9. The van der Waals surface area contributed by atoms with Crippen molar-refractivity contribution in [3.05, 3.63) is 93.6 Å². The normalized spacial score (nSPS) is 13.4. The van der Waals surface area contributed by atoms with Crippen LogP contribution in [0.5, 0.6) is 0 Å². The van der Waals surface area contributed by atoms with E-state index in [-0.39, 0.29) is 0 Å². The summed E-state index contributed by atoms with van der Waals surface area (Å²) in [6.07, 6.45) is 6.79. The molecule has 4 nitrogen and oxygen atoms in total. The number of nitrogens with zero attached hydrogens (tertiary/aromatic N) is 2. The number of aromatic amines is 2. The fourth-order valence-corrected chi connectivity index (χ4v) is 6.74. The van der Waals surface area contributed by atoms with E-state index in [0.29, 0.717) is 0 Å². The van der Waals surface area contributed by atoms with Crippen LogP contribution >= 0.6 is 0 Å². The van der Waals surface area contributed by atoms with Gasteiger partial charge < -0.3 is 9.97 Å². The van der Waals surface area contributed by atoms with Gasteiger partial charge in [0.25, 0.3) is 0 Å². The van der Waals surface area contributed by atoms with E-state index in [1.165, 1.54) is 81.3 Å². The maximum absolute atomic E-state index is 5.36. The van der Waals surface area contributed by atoms with Crippen LogP contribution in [-0.4, -0.2) is 19.9 Å². The molecule has 6 rings (SSSR count). The number of fused-ring (bicyclic) bond motifs is 8. The number of aromatic nitrogens is 4. The van der Waals surface area contributed by atoms with E-state index in [1.54, 1.807) is 0 Å².